The second kappa shape index (κ2) is 6.40. The van der Waals surface area contributed by atoms with Gasteiger partial charge in [-0.15, -0.1) is 0 Å². The molecule has 0 bridgehead atoms. The predicted molar refractivity (Wildman–Crippen MR) is 82.1 cm³/mol. The first-order valence-corrected chi connectivity index (χ1v) is 7.91. The minimum atomic E-state index is 0.450. The number of hydrogen-bond donors (Lipinski definition) is 1. The van der Waals surface area contributed by atoms with E-state index in [0.29, 0.717) is 6.04 Å². The van der Waals surface area contributed by atoms with Gasteiger partial charge in [0, 0.05) is 10.5 Å². The molecule has 1 saturated carbocycles. The van der Waals surface area contributed by atoms with Crippen molar-refractivity contribution in [1.29, 1.82) is 0 Å². The third-order valence-electron chi connectivity index (χ3n) is 4.15. The van der Waals surface area contributed by atoms with E-state index in [1.165, 1.54) is 31.2 Å². The second-order valence-corrected chi connectivity index (χ2v) is 6.72. The van der Waals surface area contributed by atoms with E-state index in [1.54, 1.807) is 0 Å². The van der Waals surface area contributed by atoms with Crippen LogP contribution in [0.15, 0.2) is 22.7 Å². The third-order valence-corrected chi connectivity index (χ3v) is 5.36. The van der Waals surface area contributed by atoms with Gasteiger partial charge in [-0.25, -0.2) is 0 Å². The van der Waals surface area contributed by atoms with Crippen LogP contribution in [0.25, 0.3) is 0 Å². The minimum absolute atomic E-state index is 0.450. The van der Waals surface area contributed by atoms with Crippen LogP contribution in [0.2, 0.25) is 5.02 Å². The van der Waals surface area contributed by atoms with Gasteiger partial charge < -0.3 is 5.32 Å². The van der Waals surface area contributed by atoms with E-state index in [4.69, 9.17) is 11.6 Å². The molecule has 0 radical (unpaired) electrons. The van der Waals surface area contributed by atoms with E-state index in [9.17, 15) is 0 Å². The molecule has 0 aromatic heterocycles. The number of halogens is 2. The van der Waals surface area contributed by atoms with Crippen molar-refractivity contribution in [2.75, 3.05) is 7.05 Å². The Bertz CT molecular complexity index is 399. The zero-order valence-electron chi connectivity index (χ0n) is 11.0. The largest absolute Gasteiger partial charge is 0.313 e. The number of hydrogen-bond acceptors (Lipinski definition) is 1. The fourth-order valence-electron chi connectivity index (χ4n) is 3.00. The highest BCUT2D eigenvalue weighted by molar-refractivity contribution is 9.10. The van der Waals surface area contributed by atoms with Gasteiger partial charge in [0.1, 0.15) is 0 Å². The summed E-state index contributed by atoms with van der Waals surface area (Å²) in [5.41, 5.74) is 1.34. The SMILES string of the molecule is CNC(c1ccc(Cl)c(Br)c1)C1CCC(C)CC1. The molecule has 0 aliphatic heterocycles. The van der Waals surface area contributed by atoms with Crippen LogP contribution in [0.3, 0.4) is 0 Å². The molecule has 0 saturated heterocycles. The Morgan fingerprint density at radius 2 is 1.94 bits per heavy atom. The van der Waals surface area contributed by atoms with Crippen molar-refractivity contribution >= 4 is 27.5 Å². The highest BCUT2D eigenvalue weighted by Crippen LogP contribution is 2.37. The molecule has 1 aliphatic carbocycles. The first-order chi connectivity index (χ1) is 8.61. The average molecular weight is 331 g/mol. The smallest absolute Gasteiger partial charge is 0.0548 e. The van der Waals surface area contributed by atoms with Crippen LogP contribution in [0, 0.1) is 11.8 Å². The minimum Gasteiger partial charge on any atom is -0.313 e. The maximum Gasteiger partial charge on any atom is 0.0548 e. The normalized spacial score (nSPS) is 26.0. The van der Waals surface area contributed by atoms with Gasteiger partial charge in [-0.1, -0.05) is 37.4 Å². The first-order valence-electron chi connectivity index (χ1n) is 6.74. The van der Waals surface area contributed by atoms with Crippen LogP contribution in [0.5, 0.6) is 0 Å². The molecule has 1 aliphatic rings. The van der Waals surface area contributed by atoms with Crippen molar-refractivity contribution in [3.8, 4) is 0 Å². The van der Waals surface area contributed by atoms with Gasteiger partial charge in [-0.3, -0.25) is 0 Å². The first kappa shape index (κ1) is 14.4. The van der Waals surface area contributed by atoms with Gasteiger partial charge in [-0.2, -0.15) is 0 Å². The summed E-state index contributed by atoms with van der Waals surface area (Å²) in [5, 5.41) is 4.27. The number of nitrogens with one attached hydrogen (secondary N) is 1. The van der Waals surface area contributed by atoms with Crippen molar-refractivity contribution in [1.82, 2.24) is 5.32 Å². The molecule has 2 rings (SSSR count). The average Bonchev–Trinajstić information content (AvgIpc) is 2.37. The fraction of sp³-hybridized carbons (Fsp3) is 0.600. The molecule has 1 nitrogen and oxygen atoms in total. The molecular weight excluding hydrogens is 310 g/mol. The van der Waals surface area contributed by atoms with Crippen molar-refractivity contribution in [3.63, 3.8) is 0 Å². The maximum atomic E-state index is 6.07. The van der Waals surface area contributed by atoms with E-state index >= 15 is 0 Å². The summed E-state index contributed by atoms with van der Waals surface area (Å²) in [6, 6.07) is 6.73. The monoisotopic (exact) mass is 329 g/mol. The lowest BCUT2D eigenvalue weighted by Crippen LogP contribution is -2.28. The van der Waals surface area contributed by atoms with Crippen LogP contribution < -0.4 is 5.32 Å². The van der Waals surface area contributed by atoms with Crippen LogP contribution >= 0.6 is 27.5 Å². The van der Waals surface area contributed by atoms with Crippen LogP contribution in [-0.2, 0) is 0 Å². The van der Waals surface area contributed by atoms with Gasteiger partial charge in [-0.05, 0) is 65.4 Å². The summed E-state index contributed by atoms with van der Waals surface area (Å²) in [6.07, 6.45) is 5.37. The third kappa shape index (κ3) is 3.28. The molecule has 1 aromatic rings. The molecule has 0 amide bonds. The van der Waals surface area contributed by atoms with E-state index < -0.39 is 0 Å². The second-order valence-electron chi connectivity index (χ2n) is 5.46. The Morgan fingerprint density at radius 3 is 2.50 bits per heavy atom. The fourth-order valence-corrected chi connectivity index (χ4v) is 3.51. The summed E-state index contributed by atoms with van der Waals surface area (Å²) in [4.78, 5) is 0. The molecule has 0 heterocycles. The lowest BCUT2D eigenvalue weighted by Gasteiger charge is -2.33. The number of rotatable bonds is 3. The molecule has 18 heavy (non-hydrogen) atoms. The van der Waals surface area contributed by atoms with Gasteiger partial charge in [0.15, 0.2) is 0 Å². The highest BCUT2D eigenvalue weighted by Gasteiger charge is 2.26. The van der Waals surface area contributed by atoms with Gasteiger partial charge >= 0.3 is 0 Å². The van der Waals surface area contributed by atoms with Crippen LogP contribution in [0.1, 0.15) is 44.2 Å². The maximum absolute atomic E-state index is 6.07. The van der Waals surface area contributed by atoms with E-state index in [0.717, 1.165) is 21.3 Å². The lowest BCUT2D eigenvalue weighted by atomic mass is 9.77. The summed E-state index contributed by atoms with van der Waals surface area (Å²) < 4.78 is 0.992. The summed E-state index contributed by atoms with van der Waals surface area (Å²) in [5.74, 6) is 1.65. The zero-order valence-corrected chi connectivity index (χ0v) is 13.4. The Morgan fingerprint density at radius 1 is 1.28 bits per heavy atom. The predicted octanol–water partition coefficient (Wildman–Crippen LogP) is 5.19. The van der Waals surface area contributed by atoms with Crippen LogP contribution in [-0.4, -0.2) is 7.05 Å². The molecule has 1 atom stereocenters. The van der Waals surface area contributed by atoms with Crippen molar-refractivity contribution < 1.29 is 0 Å². The van der Waals surface area contributed by atoms with E-state index in [1.807, 2.05) is 6.07 Å². The topological polar surface area (TPSA) is 12.0 Å². The molecular formula is C15H21BrClN. The van der Waals surface area contributed by atoms with Crippen molar-refractivity contribution in [2.45, 2.75) is 38.6 Å². The Balaban J connectivity index is 2.14. The molecule has 1 fully saturated rings. The standard InChI is InChI=1S/C15H21BrClN/c1-10-3-5-11(6-4-10)15(18-2)12-7-8-14(17)13(16)9-12/h7-11,15,18H,3-6H2,1-2H3. The Kier molecular flexibility index (Phi) is 5.11. The zero-order chi connectivity index (χ0) is 13.1. The molecule has 0 spiro atoms. The summed E-state index contributed by atoms with van der Waals surface area (Å²) in [6.45, 7) is 2.36. The van der Waals surface area contributed by atoms with Crippen molar-refractivity contribution in [2.24, 2.45) is 11.8 Å². The van der Waals surface area contributed by atoms with Gasteiger partial charge in [0.2, 0.25) is 0 Å². The lowest BCUT2D eigenvalue weighted by molar-refractivity contribution is 0.238. The van der Waals surface area contributed by atoms with Gasteiger partial charge in [0.25, 0.3) is 0 Å². The molecule has 1 aromatic carbocycles. The highest BCUT2D eigenvalue weighted by atomic mass is 79.9. The van der Waals surface area contributed by atoms with E-state index in [2.05, 4.69) is 47.4 Å². The van der Waals surface area contributed by atoms with Gasteiger partial charge in [0.05, 0.1) is 5.02 Å². The Labute approximate surface area is 123 Å². The quantitative estimate of drug-likeness (QED) is 0.804. The molecule has 1 unspecified atom stereocenters. The summed E-state index contributed by atoms with van der Waals surface area (Å²) >= 11 is 9.58. The van der Waals surface area contributed by atoms with Crippen LogP contribution in [0.4, 0.5) is 0 Å². The molecule has 1 N–H and O–H groups in total. The molecule has 3 heteroatoms. The van der Waals surface area contributed by atoms with E-state index in [-0.39, 0.29) is 0 Å². The summed E-state index contributed by atoms with van der Waals surface area (Å²) in [7, 11) is 2.06. The Hall–Kier alpha value is -0.0500. The molecule has 100 valence electrons. The number of benzene rings is 1. The van der Waals surface area contributed by atoms with Crippen molar-refractivity contribution in [3.05, 3.63) is 33.3 Å².